The summed E-state index contributed by atoms with van der Waals surface area (Å²) in [4.78, 5) is 74.8. The molecule has 4 heterocycles. The Balaban J connectivity index is 1.36. The van der Waals surface area contributed by atoms with Gasteiger partial charge in [-0.05, 0) is 6.72 Å². The van der Waals surface area contributed by atoms with Crippen molar-refractivity contribution in [2.75, 3.05) is 74.7 Å². The van der Waals surface area contributed by atoms with E-state index in [0.29, 0.717) is 0 Å². The van der Waals surface area contributed by atoms with Gasteiger partial charge in [0.1, 0.15) is 42.3 Å². The number of ether oxygens (including phenoxy) is 3. The van der Waals surface area contributed by atoms with Gasteiger partial charge < -0.3 is 70.4 Å². The van der Waals surface area contributed by atoms with Gasteiger partial charge in [-0.3, -0.25) is 33.6 Å². The second-order valence-corrected chi connectivity index (χ2v) is 16.6. The molecule has 2 aromatic rings. The van der Waals surface area contributed by atoms with Crippen LogP contribution in [0, 0.1) is 0 Å². The molecule has 11 atom stereocenters. The molecule has 0 aliphatic carbocycles. The molecule has 31 heteroatoms. The van der Waals surface area contributed by atoms with Crippen LogP contribution in [0.3, 0.4) is 0 Å². The zero-order valence-electron chi connectivity index (χ0n) is 29.5. The number of methoxy groups -OCH3 is 1. The summed E-state index contributed by atoms with van der Waals surface area (Å²) in [5, 5.41) is 32.0. The van der Waals surface area contributed by atoms with E-state index in [4.69, 9.17) is 30.2 Å². The minimum Gasteiger partial charge on any atom is -0.387 e. The number of nitrogens with two attached hydrogens (primary N) is 2. The number of nitrogens with zero attached hydrogens (tertiary/aromatic N) is 6. The standard InChI is InChI=1S/C24H41N10O18P3/c1-27-11-17(28-23(25)30-19(11)38)33(4)21-14(36)13(35)9(49-21)7-47-53(40,41)51-55(44,45)52-54(42,43)48-8-10-16(46-6)15(37)22(50-10)34(5)18-12(32(2)3)20(39)31-24(26)29-18/h9-10,13-16,21-22,35-37H,1,7-8H2,2-6H3,(H,40,41)(H,42,43)(H,44,45)(H3,25,28,30,38)(H3,26,29,31,39). The fourth-order valence-electron chi connectivity index (χ4n) is 5.53. The van der Waals surface area contributed by atoms with Gasteiger partial charge in [0.25, 0.3) is 11.1 Å². The topological polar surface area (TPSA) is 403 Å². The van der Waals surface area contributed by atoms with Gasteiger partial charge in [-0.15, -0.1) is 0 Å². The van der Waals surface area contributed by atoms with Gasteiger partial charge in [0.2, 0.25) is 11.9 Å². The maximum absolute atomic E-state index is 12.7. The monoisotopic (exact) mass is 850 g/mol. The molecule has 28 nitrogen and oxygen atoms in total. The Labute approximate surface area is 310 Å². The number of likely N-dealkylation sites (N-methyl/N-ethyl adjacent to an activating group) is 2. The van der Waals surface area contributed by atoms with E-state index >= 15 is 0 Å². The number of hydrogen-bond acceptors (Lipinski definition) is 23. The number of aromatic nitrogens is 4. The molecule has 2 aliphatic rings. The number of aromatic amines is 2. The fourth-order valence-corrected chi connectivity index (χ4v) is 9.05. The number of rotatable bonds is 17. The van der Waals surface area contributed by atoms with Gasteiger partial charge in [0.15, 0.2) is 29.8 Å². The van der Waals surface area contributed by atoms with Crippen LogP contribution in [0.1, 0.15) is 0 Å². The van der Waals surface area contributed by atoms with E-state index in [1.54, 1.807) is 14.1 Å². The quantitative estimate of drug-likeness (QED) is 0.0557. The molecular weight excluding hydrogens is 809 g/mol. The fraction of sp³-hybridized carbons (Fsp3) is 0.625. The maximum Gasteiger partial charge on any atom is 0.490 e. The van der Waals surface area contributed by atoms with Gasteiger partial charge in [-0.2, -0.15) is 18.6 Å². The predicted octanol–water partition coefficient (Wildman–Crippen LogP) is -3.10. The lowest BCUT2D eigenvalue weighted by molar-refractivity contribution is -0.0351. The molecule has 4 rings (SSSR count). The number of aliphatic hydroxyl groups excluding tert-OH is 3. The zero-order chi connectivity index (χ0) is 41.4. The van der Waals surface area contributed by atoms with E-state index in [0.717, 1.165) is 12.0 Å². The van der Waals surface area contributed by atoms with Crippen LogP contribution in [-0.2, 0) is 45.6 Å². The van der Waals surface area contributed by atoms with E-state index in [9.17, 15) is 53.3 Å². The summed E-state index contributed by atoms with van der Waals surface area (Å²) in [5.41, 5.74) is 9.57. The maximum atomic E-state index is 12.7. The van der Waals surface area contributed by atoms with E-state index < -0.39 is 96.9 Å². The highest BCUT2D eigenvalue weighted by atomic mass is 31.3. The first-order valence-electron chi connectivity index (χ1n) is 15.4. The highest BCUT2D eigenvalue weighted by molar-refractivity contribution is 7.66. The molecule has 2 saturated heterocycles. The number of H-pyrrole nitrogens is 2. The molecule has 2 aliphatic heterocycles. The number of phosphoric ester groups is 2. The van der Waals surface area contributed by atoms with Gasteiger partial charge >= 0.3 is 23.5 Å². The van der Waals surface area contributed by atoms with Crippen molar-refractivity contribution >= 4 is 65.1 Å². The third-order valence-electron chi connectivity index (χ3n) is 7.96. The molecule has 55 heavy (non-hydrogen) atoms. The molecule has 0 amide bonds. The first-order valence-corrected chi connectivity index (χ1v) is 19.9. The Bertz CT molecular complexity index is 1990. The Morgan fingerprint density at radius 1 is 0.782 bits per heavy atom. The molecule has 0 radical (unpaired) electrons. The minimum absolute atomic E-state index is 0.0261. The summed E-state index contributed by atoms with van der Waals surface area (Å²) in [7, 11) is -10.4. The van der Waals surface area contributed by atoms with Gasteiger partial charge in [-0.25, -0.2) is 13.7 Å². The van der Waals surface area contributed by atoms with Crippen LogP contribution >= 0.6 is 23.5 Å². The van der Waals surface area contributed by atoms with Crippen LogP contribution < -0.4 is 37.3 Å². The average Bonchev–Trinajstić information content (AvgIpc) is 3.53. The van der Waals surface area contributed by atoms with Crippen LogP contribution in [0.2, 0.25) is 0 Å². The van der Waals surface area contributed by atoms with Crippen molar-refractivity contribution in [2.24, 2.45) is 4.99 Å². The Kier molecular flexibility index (Phi) is 13.7. The molecule has 12 N–H and O–H groups in total. The van der Waals surface area contributed by atoms with Crippen LogP contribution in [0.4, 0.5) is 34.9 Å². The van der Waals surface area contributed by atoms with Crippen molar-refractivity contribution in [1.82, 2.24) is 19.9 Å². The summed E-state index contributed by atoms with van der Waals surface area (Å²) in [6, 6.07) is 0. The van der Waals surface area contributed by atoms with Crippen molar-refractivity contribution in [1.29, 1.82) is 0 Å². The normalized spacial score (nSPS) is 28.6. The molecule has 2 aromatic heterocycles. The van der Waals surface area contributed by atoms with Crippen molar-refractivity contribution in [3.05, 3.63) is 20.7 Å². The van der Waals surface area contributed by atoms with Crippen LogP contribution in [-0.4, -0.2) is 154 Å². The van der Waals surface area contributed by atoms with Crippen molar-refractivity contribution in [3.63, 3.8) is 0 Å². The average molecular weight is 851 g/mol. The van der Waals surface area contributed by atoms with E-state index in [2.05, 4.69) is 44.8 Å². The summed E-state index contributed by atoms with van der Waals surface area (Å²) in [6.07, 6.45) is -12.2. The number of nitrogen functional groups attached to an aromatic ring is 2. The summed E-state index contributed by atoms with van der Waals surface area (Å²) >= 11 is 0. The smallest absolute Gasteiger partial charge is 0.387 e. The number of nitrogens with one attached hydrogen (secondary N) is 2. The molecular formula is C24H41N10O18P3. The molecule has 0 bridgehead atoms. The molecule has 0 saturated carbocycles. The first kappa shape index (κ1) is 44.3. The Hall–Kier alpha value is -3.40. The van der Waals surface area contributed by atoms with E-state index in [1.165, 1.54) is 23.9 Å². The summed E-state index contributed by atoms with van der Waals surface area (Å²) < 4.78 is 71.8. The van der Waals surface area contributed by atoms with Gasteiger partial charge in [0.05, 0.1) is 13.2 Å². The van der Waals surface area contributed by atoms with E-state index in [1.807, 2.05) is 0 Å². The van der Waals surface area contributed by atoms with Crippen molar-refractivity contribution in [2.45, 2.75) is 49.1 Å². The second-order valence-electron chi connectivity index (χ2n) is 12.0. The molecule has 11 unspecified atom stereocenters. The first-order chi connectivity index (χ1) is 25.4. The summed E-state index contributed by atoms with van der Waals surface area (Å²) in [5.74, 6) is -0.854. The van der Waals surface area contributed by atoms with Crippen LogP contribution in [0.15, 0.2) is 14.6 Å². The summed E-state index contributed by atoms with van der Waals surface area (Å²) in [6.45, 7) is 1.22. The van der Waals surface area contributed by atoms with E-state index in [-0.39, 0.29) is 34.9 Å². The Morgan fingerprint density at radius 3 is 1.78 bits per heavy atom. The van der Waals surface area contributed by atoms with Crippen LogP contribution in [0.5, 0.6) is 0 Å². The lowest BCUT2D eigenvalue weighted by Crippen LogP contribution is -2.44. The molecule has 0 spiro atoms. The van der Waals surface area contributed by atoms with Crippen molar-refractivity contribution in [3.8, 4) is 0 Å². The molecule has 2 fully saturated rings. The largest absolute Gasteiger partial charge is 0.490 e. The lowest BCUT2D eigenvalue weighted by Gasteiger charge is -2.30. The highest BCUT2D eigenvalue weighted by Gasteiger charge is 2.50. The molecule has 310 valence electrons. The lowest BCUT2D eigenvalue weighted by atomic mass is 10.1. The number of aliphatic imine (C=N–C) groups is 1. The highest BCUT2D eigenvalue weighted by Crippen LogP contribution is 2.67. The van der Waals surface area contributed by atoms with Gasteiger partial charge in [-0.1, -0.05) is 0 Å². The third kappa shape index (κ3) is 10.1. The van der Waals surface area contributed by atoms with Crippen molar-refractivity contribution < 1.29 is 75.6 Å². The number of hydrogen-bond donors (Lipinski definition) is 10. The van der Waals surface area contributed by atoms with Gasteiger partial charge in [0, 0.05) is 35.3 Å². The number of anilines is 5. The zero-order valence-corrected chi connectivity index (χ0v) is 32.2. The minimum atomic E-state index is -5.99. The Morgan fingerprint density at radius 2 is 1.25 bits per heavy atom. The number of aliphatic hydroxyl groups is 3. The van der Waals surface area contributed by atoms with Crippen LogP contribution in [0.25, 0.3) is 0 Å². The molecule has 0 aromatic carbocycles. The number of phosphoric acid groups is 3. The third-order valence-corrected chi connectivity index (χ3v) is 12.2. The second kappa shape index (κ2) is 17.0. The predicted molar refractivity (Wildman–Crippen MR) is 189 cm³/mol. The SMILES string of the molecule is C=Nc1c(N(C)C2OC(COP(=O)(O)OP(=O)(O)OP(=O)(O)OCC3OC(N(C)c4nc(N)[nH]c(=O)c4N(C)C)C(O)C3OC)C(O)C2O)nc(N)[nH]c1=O.